The third-order valence-electron chi connectivity index (χ3n) is 4.59. The molecule has 0 aliphatic carbocycles. The van der Waals surface area contributed by atoms with Crippen molar-refractivity contribution in [3.05, 3.63) is 59.4 Å². The van der Waals surface area contributed by atoms with Gasteiger partial charge >= 0.3 is 0 Å². The minimum Gasteiger partial charge on any atom is -0.345 e. The average molecular weight is 341 g/mol. The SMILES string of the molecule is CCCCC(=O)N(CCCC)Cc1cccn1Cc1cccc(C)c1. The van der Waals surface area contributed by atoms with E-state index in [-0.39, 0.29) is 0 Å². The molecule has 0 aliphatic heterocycles. The lowest BCUT2D eigenvalue weighted by Gasteiger charge is -2.23. The number of carbonyl (C=O) groups is 1. The van der Waals surface area contributed by atoms with Gasteiger partial charge in [0.1, 0.15) is 0 Å². The third-order valence-corrected chi connectivity index (χ3v) is 4.59. The van der Waals surface area contributed by atoms with E-state index in [1.807, 2.05) is 4.90 Å². The van der Waals surface area contributed by atoms with Gasteiger partial charge in [-0.25, -0.2) is 0 Å². The van der Waals surface area contributed by atoms with E-state index in [0.717, 1.165) is 38.8 Å². The predicted octanol–water partition coefficient (Wildman–Crippen LogP) is 5.16. The molecule has 1 aromatic heterocycles. The molecule has 0 spiro atoms. The molecule has 0 fully saturated rings. The molecule has 136 valence electrons. The topological polar surface area (TPSA) is 25.2 Å². The van der Waals surface area contributed by atoms with Crippen molar-refractivity contribution in [3.63, 3.8) is 0 Å². The monoisotopic (exact) mass is 340 g/mol. The van der Waals surface area contributed by atoms with Crippen LogP contribution in [0, 0.1) is 6.92 Å². The summed E-state index contributed by atoms with van der Waals surface area (Å²) >= 11 is 0. The van der Waals surface area contributed by atoms with Crippen LogP contribution in [-0.4, -0.2) is 21.9 Å². The first-order valence-electron chi connectivity index (χ1n) is 9.61. The van der Waals surface area contributed by atoms with Crippen molar-refractivity contribution < 1.29 is 4.79 Å². The zero-order chi connectivity index (χ0) is 18.1. The molecule has 2 aromatic rings. The molecule has 25 heavy (non-hydrogen) atoms. The number of nitrogens with zero attached hydrogens (tertiary/aromatic N) is 2. The largest absolute Gasteiger partial charge is 0.345 e. The highest BCUT2D eigenvalue weighted by Gasteiger charge is 2.15. The van der Waals surface area contributed by atoms with E-state index in [1.165, 1.54) is 16.8 Å². The zero-order valence-corrected chi connectivity index (χ0v) is 16.0. The number of hydrogen-bond acceptors (Lipinski definition) is 1. The maximum Gasteiger partial charge on any atom is 0.222 e. The van der Waals surface area contributed by atoms with E-state index in [2.05, 4.69) is 67.9 Å². The maximum atomic E-state index is 12.6. The molecule has 0 unspecified atom stereocenters. The Kier molecular flexibility index (Phi) is 7.77. The molecule has 2 rings (SSSR count). The minimum atomic E-state index is 0.290. The summed E-state index contributed by atoms with van der Waals surface area (Å²) in [7, 11) is 0. The minimum absolute atomic E-state index is 0.290. The summed E-state index contributed by atoms with van der Waals surface area (Å²) in [5.74, 6) is 0.290. The Hall–Kier alpha value is -2.03. The fourth-order valence-corrected chi connectivity index (χ4v) is 3.08. The Morgan fingerprint density at radius 2 is 1.88 bits per heavy atom. The van der Waals surface area contributed by atoms with Gasteiger partial charge in [0.15, 0.2) is 0 Å². The second kappa shape index (κ2) is 10.1. The van der Waals surface area contributed by atoms with Gasteiger partial charge in [-0.05, 0) is 37.5 Å². The molecule has 1 amide bonds. The molecule has 0 aliphatic rings. The van der Waals surface area contributed by atoms with Crippen molar-refractivity contribution in [1.29, 1.82) is 0 Å². The molecule has 0 atom stereocenters. The Morgan fingerprint density at radius 3 is 2.60 bits per heavy atom. The van der Waals surface area contributed by atoms with Crippen LogP contribution in [0.25, 0.3) is 0 Å². The summed E-state index contributed by atoms with van der Waals surface area (Å²) in [6.45, 7) is 8.86. The van der Waals surface area contributed by atoms with Crippen LogP contribution in [-0.2, 0) is 17.9 Å². The Morgan fingerprint density at radius 1 is 1.08 bits per heavy atom. The van der Waals surface area contributed by atoms with Crippen LogP contribution in [0.15, 0.2) is 42.6 Å². The summed E-state index contributed by atoms with van der Waals surface area (Å²) in [4.78, 5) is 14.6. The van der Waals surface area contributed by atoms with E-state index < -0.39 is 0 Å². The summed E-state index contributed by atoms with van der Waals surface area (Å²) in [6.07, 6.45) is 7.01. The van der Waals surface area contributed by atoms with Crippen molar-refractivity contribution >= 4 is 5.91 Å². The Balaban J connectivity index is 2.08. The smallest absolute Gasteiger partial charge is 0.222 e. The van der Waals surface area contributed by atoms with Crippen molar-refractivity contribution in [2.24, 2.45) is 0 Å². The lowest BCUT2D eigenvalue weighted by Crippen LogP contribution is -2.32. The van der Waals surface area contributed by atoms with Gasteiger partial charge in [0.25, 0.3) is 0 Å². The third kappa shape index (κ3) is 6.08. The van der Waals surface area contributed by atoms with Gasteiger partial charge in [0.2, 0.25) is 5.91 Å². The summed E-state index contributed by atoms with van der Waals surface area (Å²) in [5, 5.41) is 0. The number of hydrogen-bond donors (Lipinski definition) is 0. The lowest BCUT2D eigenvalue weighted by molar-refractivity contribution is -0.132. The molecule has 0 bridgehead atoms. The zero-order valence-electron chi connectivity index (χ0n) is 16.0. The van der Waals surface area contributed by atoms with Crippen LogP contribution in [0.3, 0.4) is 0 Å². The van der Waals surface area contributed by atoms with Gasteiger partial charge in [-0.2, -0.15) is 0 Å². The van der Waals surface area contributed by atoms with E-state index in [0.29, 0.717) is 18.9 Å². The number of amides is 1. The molecule has 3 nitrogen and oxygen atoms in total. The number of benzene rings is 1. The molecule has 3 heteroatoms. The van der Waals surface area contributed by atoms with Crippen LogP contribution >= 0.6 is 0 Å². The second-order valence-electron chi connectivity index (χ2n) is 6.89. The van der Waals surface area contributed by atoms with Crippen molar-refractivity contribution in [1.82, 2.24) is 9.47 Å². The van der Waals surface area contributed by atoms with Gasteiger partial charge < -0.3 is 9.47 Å². The quantitative estimate of drug-likeness (QED) is 0.586. The van der Waals surface area contributed by atoms with E-state index in [1.54, 1.807) is 0 Å². The first-order chi connectivity index (χ1) is 12.1. The first kappa shape index (κ1) is 19.3. The standard InChI is InChI=1S/C22H32N2O/c1-4-6-13-22(25)24(14-7-5-2)18-21-12-9-15-23(21)17-20-11-8-10-19(3)16-20/h8-12,15-16H,4-7,13-14,17-18H2,1-3H3. The number of rotatable bonds is 10. The summed E-state index contributed by atoms with van der Waals surface area (Å²) in [5.41, 5.74) is 3.79. The van der Waals surface area contributed by atoms with E-state index >= 15 is 0 Å². The molecule has 0 N–H and O–H groups in total. The molecule has 0 saturated heterocycles. The van der Waals surface area contributed by atoms with Crippen molar-refractivity contribution in [2.75, 3.05) is 6.54 Å². The average Bonchev–Trinajstić information content (AvgIpc) is 3.03. The van der Waals surface area contributed by atoms with Gasteiger partial charge in [0.05, 0.1) is 6.54 Å². The number of aromatic nitrogens is 1. The second-order valence-corrected chi connectivity index (χ2v) is 6.89. The Labute approximate surface area is 152 Å². The highest BCUT2D eigenvalue weighted by atomic mass is 16.2. The fraction of sp³-hybridized carbons (Fsp3) is 0.500. The van der Waals surface area contributed by atoms with Gasteiger partial charge in [-0.3, -0.25) is 4.79 Å². The number of unbranched alkanes of at least 4 members (excludes halogenated alkanes) is 2. The van der Waals surface area contributed by atoms with E-state index in [9.17, 15) is 4.79 Å². The maximum absolute atomic E-state index is 12.6. The summed E-state index contributed by atoms with van der Waals surface area (Å²) < 4.78 is 2.26. The van der Waals surface area contributed by atoms with Gasteiger partial charge in [-0.1, -0.05) is 56.5 Å². The van der Waals surface area contributed by atoms with Crippen LogP contribution in [0.4, 0.5) is 0 Å². The van der Waals surface area contributed by atoms with Crippen LogP contribution in [0.1, 0.15) is 62.8 Å². The van der Waals surface area contributed by atoms with Gasteiger partial charge in [-0.15, -0.1) is 0 Å². The molecule has 0 radical (unpaired) electrons. The lowest BCUT2D eigenvalue weighted by atomic mass is 10.1. The van der Waals surface area contributed by atoms with Crippen molar-refractivity contribution in [3.8, 4) is 0 Å². The normalized spacial score (nSPS) is 10.8. The molecule has 1 heterocycles. The molecular formula is C22H32N2O. The molecule has 0 saturated carbocycles. The van der Waals surface area contributed by atoms with E-state index in [4.69, 9.17) is 0 Å². The number of aryl methyl sites for hydroxylation is 1. The van der Waals surface area contributed by atoms with Crippen LogP contribution < -0.4 is 0 Å². The fourth-order valence-electron chi connectivity index (χ4n) is 3.08. The van der Waals surface area contributed by atoms with Crippen molar-refractivity contribution in [2.45, 2.75) is 66.0 Å². The van der Waals surface area contributed by atoms with Gasteiger partial charge in [0, 0.05) is 31.4 Å². The molecular weight excluding hydrogens is 308 g/mol. The predicted molar refractivity (Wildman–Crippen MR) is 105 cm³/mol. The number of carbonyl (C=O) groups excluding carboxylic acids is 1. The highest BCUT2D eigenvalue weighted by molar-refractivity contribution is 5.76. The summed E-state index contributed by atoms with van der Waals surface area (Å²) in [6, 6.07) is 12.8. The van der Waals surface area contributed by atoms with Crippen LogP contribution in [0.5, 0.6) is 0 Å². The Bertz CT molecular complexity index is 660. The first-order valence-corrected chi connectivity index (χ1v) is 9.61. The molecule has 1 aromatic carbocycles. The van der Waals surface area contributed by atoms with Crippen LogP contribution in [0.2, 0.25) is 0 Å². The highest BCUT2D eigenvalue weighted by Crippen LogP contribution is 2.14.